The highest BCUT2D eigenvalue weighted by Gasteiger charge is 2.07. The number of nitrogens with one attached hydrogen (secondary N) is 2. The molecule has 158 valence electrons. The van der Waals surface area contributed by atoms with Gasteiger partial charge in [-0.3, -0.25) is 0 Å². The molecule has 0 aliphatic carbocycles. The Morgan fingerprint density at radius 2 is 1.97 bits per heavy atom. The first-order chi connectivity index (χ1) is 14.7. The molecule has 1 aromatic heterocycles. The third-order valence-corrected chi connectivity index (χ3v) is 4.29. The molecule has 0 atom stereocenters. The molecule has 3 rings (SSSR count). The normalized spacial score (nSPS) is 11.2. The predicted octanol–water partition coefficient (Wildman–Crippen LogP) is 3.31. The zero-order chi connectivity index (χ0) is 21.2. The number of anilines is 1. The third-order valence-electron chi connectivity index (χ3n) is 4.29. The van der Waals surface area contributed by atoms with Gasteiger partial charge in [-0.25, -0.2) is 14.7 Å². The van der Waals surface area contributed by atoms with Crippen LogP contribution in [0.15, 0.2) is 60.1 Å². The zero-order valence-electron chi connectivity index (χ0n) is 17.6. The van der Waals surface area contributed by atoms with E-state index in [4.69, 9.17) is 14.5 Å². The molecule has 0 saturated carbocycles. The second-order valence-corrected chi connectivity index (χ2v) is 6.53. The van der Waals surface area contributed by atoms with Crippen LogP contribution in [0.1, 0.15) is 25.0 Å². The van der Waals surface area contributed by atoms with Crippen LogP contribution in [0.2, 0.25) is 0 Å². The first kappa shape index (κ1) is 21.2. The maximum absolute atomic E-state index is 5.66. The summed E-state index contributed by atoms with van der Waals surface area (Å²) in [6, 6.07) is 14.0. The molecule has 0 spiro atoms. The number of benzene rings is 2. The number of aliphatic imine (C=N–C) groups is 1. The van der Waals surface area contributed by atoms with Crippen LogP contribution in [-0.2, 0) is 13.1 Å². The lowest BCUT2D eigenvalue weighted by Gasteiger charge is -2.14. The van der Waals surface area contributed by atoms with Gasteiger partial charge in [0.1, 0.15) is 12.7 Å². The topological polar surface area (TPSA) is 85.6 Å². The summed E-state index contributed by atoms with van der Waals surface area (Å²) in [4.78, 5) is 8.71. The van der Waals surface area contributed by atoms with Crippen molar-refractivity contribution < 1.29 is 9.47 Å². The Morgan fingerprint density at radius 3 is 2.70 bits per heavy atom. The van der Waals surface area contributed by atoms with Gasteiger partial charge in [-0.2, -0.15) is 5.10 Å². The Labute approximate surface area is 177 Å². The number of rotatable bonds is 9. The summed E-state index contributed by atoms with van der Waals surface area (Å²) in [5, 5.41) is 10.8. The smallest absolute Gasteiger partial charge is 0.196 e. The molecule has 8 heteroatoms. The van der Waals surface area contributed by atoms with Gasteiger partial charge in [-0.05, 0) is 37.1 Å². The minimum atomic E-state index is 0.551. The summed E-state index contributed by atoms with van der Waals surface area (Å²) in [5.74, 6) is 2.10. The first-order valence-corrected chi connectivity index (χ1v) is 9.98. The van der Waals surface area contributed by atoms with E-state index in [1.165, 1.54) is 0 Å². The van der Waals surface area contributed by atoms with Crippen LogP contribution in [0, 0.1) is 0 Å². The Kier molecular flexibility index (Phi) is 7.65. The number of nitrogens with zero attached hydrogens (tertiary/aromatic N) is 4. The van der Waals surface area contributed by atoms with Crippen molar-refractivity contribution in [2.24, 2.45) is 4.99 Å². The Bertz CT molecular complexity index is 956. The van der Waals surface area contributed by atoms with Crippen molar-refractivity contribution in [3.8, 4) is 11.5 Å². The fourth-order valence-electron chi connectivity index (χ4n) is 2.96. The van der Waals surface area contributed by atoms with E-state index in [-0.39, 0.29) is 0 Å². The summed E-state index contributed by atoms with van der Waals surface area (Å²) in [6.45, 7) is 6.54. The predicted molar refractivity (Wildman–Crippen MR) is 118 cm³/mol. The minimum Gasteiger partial charge on any atom is -0.493 e. The zero-order valence-corrected chi connectivity index (χ0v) is 17.6. The van der Waals surface area contributed by atoms with Crippen LogP contribution >= 0.6 is 0 Å². The molecule has 30 heavy (non-hydrogen) atoms. The highest BCUT2D eigenvalue weighted by Crippen LogP contribution is 2.30. The van der Waals surface area contributed by atoms with Crippen LogP contribution in [-0.4, -0.2) is 41.0 Å². The van der Waals surface area contributed by atoms with Gasteiger partial charge in [0.2, 0.25) is 0 Å². The van der Waals surface area contributed by atoms with Gasteiger partial charge >= 0.3 is 0 Å². The summed E-state index contributed by atoms with van der Waals surface area (Å²) in [7, 11) is 1.63. The molecule has 1 heterocycles. The van der Waals surface area contributed by atoms with Crippen molar-refractivity contribution in [3.63, 3.8) is 0 Å². The maximum Gasteiger partial charge on any atom is 0.196 e. The highest BCUT2D eigenvalue weighted by molar-refractivity contribution is 5.93. The van der Waals surface area contributed by atoms with E-state index in [1.807, 2.05) is 38.1 Å². The standard InChI is InChI=1S/C22H28N6O2/c1-4-24-22(27-19-9-10-20(29-3)21(12-19)30-5-2)25-13-17-7-6-8-18(11-17)14-28-16-23-15-26-28/h6-12,15-16H,4-5,13-14H2,1-3H3,(H2,24,25,27). The molecule has 0 bridgehead atoms. The SMILES string of the molecule is CCNC(=NCc1cccc(Cn2cncn2)c1)Nc1ccc(OC)c(OCC)c1. The van der Waals surface area contributed by atoms with Crippen LogP contribution < -0.4 is 20.1 Å². The lowest BCUT2D eigenvalue weighted by molar-refractivity contribution is 0.311. The monoisotopic (exact) mass is 408 g/mol. The summed E-state index contributed by atoms with van der Waals surface area (Å²) in [6.07, 6.45) is 3.25. The number of hydrogen-bond acceptors (Lipinski definition) is 5. The first-order valence-electron chi connectivity index (χ1n) is 9.98. The van der Waals surface area contributed by atoms with E-state index in [0.717, 1.165) is 23.4 Å². The van der Waals surface area contributed by atoms with Gasteiger partial charge in [0.05, 0.1) is 26.8 Å². The Morgan fingerprint density at radius 1 is 1.10 bits per heavy atom. The number of guanidine groups is 1. The van der Waals surface area contributed by atoms with Crippen molar-refractivity contribution in [2.45, 2.75) is 26.9 Å². The van der Waals surface area contributed by atoms with Gasteiger partial charge in [0.25, 0.3) is 0 Å². The van der Waals surface area contributed by atoms with E-state index < -0.39 is 0 Å². The summed E-state index contributed by atoms with van der Waals surface area (Å²) >= 11 is 0. The number of hydrogen-bond donors (Lipinski definition) is 2. The maximum atomic E-state index is 5.66. The van der Waals surface area contributed by atoms with Gasteiger partial charge in [-0.1, -0.05) is 24.3 Å². The molecule has 0 amide bonds. The van der Waals surface area contributed by atoms with Gasteiger partial charge in [0, 0.05) is 18.3 Å². The molecular weight excluding hydrogens is 380 g/mol. The average Bonchev–Trinajstić information content (AvgIpc) is 3.26. The lowest BCUT2D eigenvalue weighted by Crippen LogP contribution is -2.30. The van der Waals surface area contributed by atoms with Gasteiger partial charge < -0.3 is 20.1 Å². The fourth-order valence-corrected chi connectivity index (χ4v) is 2.96. The average molecular weight is 409 g/mol. The summed E-state index contributed by atoms with van der Waals surface area (Å²) in [5.41, 5.74) is 3.15. The summed E-state index contributed by atoms with van der Waals surface area (Å²) < 4.78 is 12.8. The lowest BCUT2D eigenvalue weighted by atomic mass is 10.1. The number of methoxy groups -OCH3 is 1. The molecule has 0 unspecified atom stereocenters. The van der Waals surface area contributed by atoms with E-state index in [0.29, 0.717) is 37.2 Å². The number of ether oxygens (including phenoxy) is 2. The molecule has 2 aromatic carbocycles. The van der Waals surface area contributed by atoms with Gasteiger partial charge in [-0.15, -0.1) is 0 Å². The molecule has 0 saturated heterocycles. The molecule has 3 aromatic rings. The molecule has 0 aliphatic heterocycles. The quantitative estimate of drug-likeness (QED) is 0.417. The van der Waals surface area contributed by atoms with Gasteiger partial charge in [0.15, 0.2) is 17.5 Å². The van der Waals surface area contributed by atoms with E-state index >= 15 is 0 Å². The third kappa shape index (κ3) is 5.97. The minimum absolute atomic E-state index is 0.551. The van der Waals surface area contributed by atoms with Crippen molar-refractivity contribution in [3.05, 3.63) is 66.2 Å². The second-order valence-electron chi connectivity index (χ2n) is 6.53. The Hall–Kier alpha value is -3.55. The second kappa shape index (κ2) is 10.8. The van der Waals surface area contributed by atoms with Crippen molar-refractivity contribution in [1.29, 1.82) is 0 Å². The van der Waals surface area contributed by atoms with E-state index in [1.54, 1.807) is 24.4 Å². The van der Waals surface area contributed by atoms with Crippen LogP contribution in [0.4, 0.5) is 5.69 Å². The molecule has 0 radical (unpaired) electrons. The van der Waals surface area contributed by atoms with Crippen molar-refractivity contribution >= 4 is 11.6 Å². The van der Waals surface area contributed by atoms with E-state index in [9.17, 15) is 0 Å². The van der Waals surface area contributed by atoms with Crippen molar-refractivity contribution in [1.82, 2.24) is 20.1 Å². The molecule has 8 nitrogen and oxygen atoms in total. The number of aromatic nitrogens is 3. The molecule has 2 N–H and O–H groups in total. The highest BCUT2D eigenvalue weighted by atomic mass is 16.5. The largest absolute Gasteiger partial charge is 0.493 e. The molecular formula is C22H28N6O2. The van der Waals surface area contributed by atoms with Crippen LogP contribution in [0.5, 0.6) is 11.5 Å². The fraction of sp³-hybridized carbons (Fsp3) is 0.318. The van der Waals surface area contributed by atoms with E-state index in [2.05, 4.69) is 38.9 Å². The van der Waals surface area contributed by atoms with Crippen LogP contribution in [0.25, 0.3) is 0 Å². The van der Waals surface area contributed by atoms with Crippen LogP contribution in [0.3, 0.4) is 0 Å². The molecule has 0 aliphatic rings. The molecule has 0 fully saturated rings. The Balaban J connectivity index is 1.71. The van der Waals surface area contributed by atoms with Crippen molar-refractivity contribution in [2.75, 3.05) is 25.6 Å².